The standard InChI is InChI=1S/C10H18F3N/c11-10(12,13)6-2-5-9(14)7-8-3-1-4-8/h8-9H,1-7,14H2. The molecule has 0 aromatic carbocycles. The van der Waals surface area contributed by atoms with Crippen molar-refractivity contribution in [1.82, 2.24) is 0 Å². The van der Waals surface area contributed by atoms with Gasteiger partial charge in [0.2, 0.25) is 0 Å². The summed E-state index contributed by atoms with van der Waals surface area (Å²) in [5.41, 5.74) is 5.75. The van der Waals surface area contributed by atoms with Crippen molar-refractivity contribution in [2.75, 3.05) is 0 Å². The zero-order valence-electron chi connectivity index (χ0n) is 8.32. The van der Waals surface area contributed by atoms with Gasteiger partial charge in [-0.15, -0.1) is 0 Å². The van der Waals surface area contributed by atoms with Crippen LogP contribution < -0.4 is 5.73 Å². The summed E-state index contributed by atoms with van der Waals surface area (Å²) in [5, 5.41) is 0. The first kappa shape index (κ1) is 11.8. The Kier molecular flexibility index (Phi) is 4.23. The largest absolute Gasteiger partial charge is 0.389 e. The van der Waals surface area contributed by atoms with E-state index in [2.05, 4.69) is 0 Å². The van der Waals surface area contributed by atoms with Gasteiger partial charge >= 0.3 is 6.18 Å². The molecule has 14 heavy (non-hydrogen) atoms. The maximum atomic E-state index is 11.8. The lowest BCUT2D eigenvalue weighted by Gasteiger charge is -2.28. The topological polar surface area (TPSA) is 26.0 Å². The van der Waals surface area contributed by atoms with Gasteiger partial charge < -0.3 is 5.73 Å². The van der Waals surface area contributed by atoms with Crippen LogP contribution in [0.5, 0.6) is 0 Å². The van der Waals surface area contributed by atoms with Crippen molar-refractivity contribution in [1.29, 1.82) is 0 Å². The molecule has 1 aliphatic rings. The van der Waals surface area contributed by atoms with E-state index >= 15 is 0 Å². The van der Waals surface area contributed by atoms with Gasteiger partial charge in [-0.1, -0.05) is 19.3 Å². The van der Waals surface area contributed by atoms with Crippen LogP contribution in [0.3, 0.4) is 0 Å². The van der Waals surface area contributed by atoms with Gasteiger partial charge in [-0.3, -0.25) is 0 Å². The van der Waals surface area contributed by atoms with Gasteiger partial charge in [0.05, 0.1) is 0 Å². The fourth-order valence-corrected chi connectivity index (χ4v) is 1.84. The summed E-state index contributed by atoms with van der Waals surface area (Å²) in [6, 6.07) is -0.0253. The number of alkyl halides is 3. The molecule has 0 aromatic heterocycles. The predicted molar refractivity (Wildman–Crippen MR) is 49.8 cm³/mol. The minimum absolute atomic E-state index is 0.0253. The summed E-state index contributed by atoms with van der Waals surface area (Å²) in [6.45, 7) is 0. The summed E-state index contributed by atoms with van der Waals surface area (Å²) >= 11 is 0. The van der Waals surface area contributed by atoms with Crippen LogP contribution in [0, 0.1) is 5.92 Å². The molecule has 0 amide bonds. The summed E-state index contributed by atoms with van der Waals surface area (Å²) in [4.78, 5) is 0. The molecule has 0 heterocycles. The highest BCUT2D eigenvalue weighted by atomic mass is 19.4. The molecule has 0 aromatic rings. The van der Waals surface area contributed by atoms with E-state index in [1.165, 1.54) is 19.3 Å². The fourth-order valence-electron chi connectivity index (χ4n) is 1.84. The second kappa shape index (κ2) is 5.01. The summed E-state index contributed by atoms with van der Waals surface area (Å²) in [5.74, 6) is 0.691. The van der Waals surface area contributed by atoms with E-state index in [-0.39, 0.29) is 12.5 Å². The molecule has 1 fully saturated rings. The van der Waals surface area contributed by atoms with Gasteiger partial charge in [-0.05, 0) is 25.2 Å². The van der Waals surface area contributed by atoms with E-state index in [1.54, 1.807) is 0 Å². The third kappa shape index (κ3) is 4.84. The molecule has 1 aliphatic carbocycles. The van der Waals surface area contributed by atoms with Crippen LogP contribution in [-0.2, 0) is 0 Å². The second-order valence-electron chi connectivity index (χ2n) is 4.30. The normalized spacial score (nSPS) is 20.6. The van der Waals surface area contributed by atoms with E-state index in [1.807, 2.05) is 0 Å². The van der Waals surface area contributed by atoms with Gasteiger partial charge in [0, 0.05) is 12.5 Å². The maximum absolute atomic E-state index is 11.8. The average Bonchev–Trinajstić information content (AvgIpc) is 1.94. The third-order valence-electron chi connectivity index (χ3n) is 2.90. The van der Waals surface area contributed by atoms with E-state index in [9.17, 15) is 13.2 Å². The van der Waals surface area contributed by atoms with Crippen LogP contribution in [-0.4, -0.2) is 12.2 Å². The molecule has 1 unspecified atom stereocenters. The first-order valence-corrected chi connectivity index (χ1v) is 5.30. The van der Waals surface area contributed by atoms with Gasteiger partial charge in [-0.2, -0.15) is 13.2 Å². The highest BCUT2D eigenvalue weighted by Crippen LogP contribution is 2.31. The van der Waals surface area contributed by atoms with E-state index in [0.29, 0.717) is 12.3 Å². The van der Waals surface area contributed by atoms with Crippen LogP contribution in [0.2, 0.25) is 0 Å². The molecule has 1 nitrogen and oxygen atoms in total. The molecule has 0 bridgehead atoms. The van der Waals surface area contributed by atoms with Gasteiger partial charge in [0.15, 0.2) is 0 Å². The van der Waals surface area contributed by atoms with Crippen LogP contribution in [0.15, 0.2) is 0 Å². The molecule has 1 rings (SSSR count). The SMILES string of the molecule is NC(CCCC(F)(F)F)CC1CCC1. The zero-order chi connectivity index (χ0) is 10.6. The minimum atomic E-state index is -4.02. The van der Waals surface area contributed by atoms with Gasteiger partial charge in [0.25, 0.3) is 0 Å². The Labute approximate surface area is 82.9 Å². The molecular formula is C10H18F3N. The molecule has 0 saturated heterocycles. The molecular weight excluding hydrogens is 191 g/mol. The van der Waals surface area contributed by atoms with Gasteiger partial charge in [-0.25, -0.2) is 0 Å². The van der Waals surface area contributed by atoms with Crippen molar-refractivity contribution >= 4 is 0 Å². The lowest BCUT2D eigenvalue weighted by molar-refractivity contribution is -0.135. The Bertz CT molecular complexity index is 163. The highest BCUT2D eigenvalue weighted by molar-refractivity contribution is 4.75. The van der Waals surface area contributed by atoms with E-state index < -0.39 is 12.6 Å². The Hall–Kier alpha value is -0.250. The number of hydrogen-bond acceptors (Lipinski definition) is 1. The van der Waals surface area contributed by atoms with Crippen LogP contribution >= 0.6 is 0 Å². The number of nitrogens with two attached hydrogens (primary N) is 1. The third-order valence-corrected chi connectivity index (χ3v) is 2.90. The molecule has 1 saturated carbocycles. The van der Waals surface area contributed by atoms with Crippen molar-refractivity contribution in [3.05, 3.63) is 0 Å². The summed E-state index contributed by atoms with van der Waals surface area (Å²) in [6.07, 6.45) is 0.590. The molecule has 84 valence electrons. The predicted octanol–water partition coefficient (Wildman–Crippen LogP) is 3.24. The number of hydrogen-bond donors (Lipinski definition) is 1. The molecule has 4 heteroatoms. The average molecular weight is 209 g/mol. The second-order valence-corrected chi connectivity index (χ2v) is 4.30. The first-order chi connectivity index (χ1) is 6.47. The smallest absolute Gasteiger partial charge is 0.328 e. The molecule has 0 spiro atoms. The zero-order valence-corrected chi connectivity index (χ0v) is 8.32. The fraction of sp³-hybridized carbons (Fsp3) is 1.00. The monoisotopic (exact) mass is 209 g/mol. The van der Waals surface area contributed by atoms with Crippen molar-refractivity contribution in [2.45, 2.75) is 57.2 Å². The van der Waals surface area contributed by atoms with Crippen LogP contribution in [0.25, 0.3) is 0 Å². The lowest BCUT2D eigenvalue weighted by atomic mass is 9.80. The van der Waals surface area contributed by atoms with E-state index in [4.69, 9.17) is 5.73 Å². The Morgan fingerprint density at radius 3 is 2.36 bits per heavy atom. The summed E-state index contributed by atoms with van der Waals surface area (Å²) in [7, 11) is 0. The first-order valence-electron chi connectivity index (χ1n) is 5.30. The number of rotatable bonds is 5. The Morgan fingerprint density at radius 2 is 1.93 bits per heavy atom. The number of halogens is 3. The van der Waals surface area contributed by atoms with Crippen LogP contribution in [0.4, 0.5) is 13.2 Å². The van der Waals surface area contributed by atoms with E-state index in [0.717, 1.165) is 6.42 Å². The highest BCUT2D eigenvalue weighted by Gasteiger charge is 2.27. The molecule has 1 atom stereocenters. The molecule has 0 radical (unpaired) electrons. The van der Waals surface area contributed by atoms with Crippen molar-refractivity contribution in [2.24, 2.45) is 11.7 Å². The van der Waals surface area contributed by atoms with Crippen LogP contribution in [0.1, 0.15) is 44.9 Å². The van der Waals surface area contributed by atoms with Crippen molar-refractivity contribution in [3.63, 3.8) is 0 Å². The maximum Gasteiger partial charge on any atom is 0.389 e. The quantitative estimate of drug-likeness (QED) is 0.739. The van der Waals surface area contributed by atoms with Crippen molar-refractivity contribution < 1.29 is 13.2 Å². The minimum Gasteiger partial charge on any atom is -0.328 e. The van der Waals surface area contributed by atoms with Gasteiger partial charge in [0.1, 0.15) is 0 Å². The molecule has 2 N–H and O–H groups in total. The lowest BCUT2D eigenvalue weighted by Crippen LogP contribution is -2.27. The molecule has 0 aliphatic heterocycles. The Balaban J connectivity index is 1.99. The summed E-state index contributed by atoms with van der Waals surface area (Å²) < 4.78 is 35.4. The Morgan fingerprint density at radius 1 is 1.29 bits per heavy atom. The van der Waals surface area contributed by atoms with Crippen molar-refractivity contribution in [3.8, 4) is 0 Å².